The van der Waals surface area contributed by atoms with E-state index in [9.17, 15) is 9.59 Å². The number of rotatable bonds is 5. The second-order valence-electron chi connectivity index (χ2n) is 6.57. The van der Waals surface area contributed by atoms with E-state index in [1.165, 1.54) is 0 Å². The van der Waals surface area contributed by atoms with Gasteiger partial charge < -0.3 is 5.32 Å². The molecule has 140 valence electrons. The number of fused-ring (bicyclic) bond motifs is 1. The number of pyridine rings is 1. The highest BCUT2D eigenvalue weighted by Gasteiger charge is 2.39. The van der Waals surface area contributed by atoms with Crippen molar-refractivity contribution in [2.45, 2.75) is 19.0 Å². The molecule has 6 heteroatoms. The van der Waals surface area contributed by atoms with Gasteiger partial charge in [-0.25, -0.2) is 0 Å². The van der Waals surface area contributed by atoms with E-state index in [1.807, 2.05) is 42.5 Å². The summed E-state index contributed by atoms with van der Waals surface area (Å²) in [5.41, 5.74) is 2.89. The number of amides is 2. The third-order valence-corrected chi connectivity index (χ3v) is 4.98. The number of hydrogen-bond donors (Lipinski definition) is 1. The summed E-state index contributed by atoms with van der Waals surface area (Å²) in [7, 11) is 0. The molecule has 28 heavy (non-hydrogen) atoms. The van der Waals surface area contributed by atoms with Crippen LogP contribution in [-0.4, -0.2) is 16.8 Å². The van der Waals surface area contributed by atoms with Gasteiger partial charge in [0.2, 0.25) is 5.91 Å². The van der Waals surface area contributed by atoms with Crippen LogP contribution in [0, 0.1) is 0 Å². The van der Waals surface area contributed by atoms with E-state index in [1.54, 1.807) is 35.4 Å². The Hall–Kier alpha value is -3.18. The molecule has 1 aromatic heterocycles. The summed E-state index contributed by atoms with van der Waals surface area (Å²) in [6, 6.07) is 19.7. The molecule has 1 atom stereocenters. The summed E-state index contributed by atoms with van der Waals surface area (Å²) in [4.78, 5) is 31.6. The summed E-state index contributed by atoms with van der Waals surface area (Å²) in [6.45, 7) is 0.400. The molecule has 0 radical (unpaired) electrons. The minimum Gasteiger partial charge on any atom is -0.352 e. The van der Waals surface area contributed by atoms with Gasteiger partial charge in [-0.2, -0.15) is 0 Å². The quantitative estimate of drug-likeness (QED) is 0.710. The maximum Gasteiger partial charge on any atom is 0.260 e. The first kappa shape index (κ1) is 18.2. The van der Waals surface area contributed by atoms with Crippen LogP contribution < -0.4 is 10.2 Å². The zero-order valence-corrected chi connectivity index (χ0v) is 15.8. The number of halogens is 1. The van der Waals surface area contributed by atoms with Crippen LogP contribution in [-0.2, 0) is 11.3 Å². The second kappa shape index (κ2) is 7.82. The highest BCUT2D eigenvalue weighted by atomic mass is 35.5. The molecule has 0 unspecified atom stereocenters. The average Bonchev–Trinajstić information content (AvgIpc) is 3.00. The fourth-order valence-corrected chi connectivity index (χ4v) is 3.51. The van der Waals surface area contributed by atoms with Crippen molar-refractivity contribution in [3.8, 4) is 0 Å². The van der Waals surface area contributed by atoms with Crippen LogP contribution in [0.2, 0.25) is 5.02 Å². The maximum atomic E-state index is 12.9. The zero-order chi connectivity index (χ0) is 19.5. The average molecular weight is 392 g/mol. The first-order chi connectivity index (χ1) is 13.6. The van der Waals surface area contributed by atoms with Gasteiger partial charge in [0, 0.05) is 23.5 Å². The van der Waals surface area contributed by atoms with Crippen molar-refractivity contribution in [1.82, 2.24) is 10.3 Å². The molecule has 2 aromatic carbocycles. The van der Waals surface area contributed by atoms with Gasteiger partial charge in [-0.05, 0) is 42.0 Å². The van der Waals surface area contributed by atoms with Gasteiger partial charge >= 0.3 is 0 Å². The van der Waals surface area contributed by atoms with Crippen molar-refractivity contribution in [1.29, 1.82) is 0 Å². The molecule has 1 aliphatic heterocycles. The van der Waals surface area contributed by atoms with Crippen molar-refractivity contribution < 1.29 is 9.59 Å². The lowest BCUT2D eigenvalue weighted by Gasteiger charge is -2.24. The lowest BCUT2D eigenvalue weighted by molar-refractivity contribution is -0.121. The van der Waals surface area contributed by atoms with Gasteiger partial charge in [-0.15, -0.1) is 0 Å². The Morgan fingerprint density at radius 1 is 1.04 bits per heavy atom. The zero-order valence-electron chi connectivity index (χ0n) is 15.0. The van der Waals surface area contributed by atoms with Crippen LogP contribution in [0.25, 0.3) is 0 Å². The van der Waals surface area contributed by atoms with Crippen LogP contribution in [0.5, 0.6) is 0 Å². The van der Waals surface area contributed by atoms with Crippen molar-refractivity contribution in [2.24, 2.45) is 0 Å². The fraction of sp³-hybridized carbons (Fsp3) is 0.136. The van der Waals surface area contributed by atoms with Crippen LogP contribution in [0.3, 0.4) is 0 Å². The topological polar surface area (TPSA) is 62.3 Å². The third-order valence-electron chi connectivity index (χ3n) is 4.73. The monoisotopic (exact) mass is 391 g/mol. The predicted molar refractivity (Wildman–Crippen MR) is 108 cm³/mol. The van der Waals surface area contributed by atoms with Gasteiger partial charge in [-0.1, -0.05) is 41.9 Å². The smallest absolute Gasteiger partial charge is 0.260 e. The number of nitrogens with one attached hydrogen (secondary N) is 1. The highest BCUT2D eigenvalue weighted by molar-refractivity contribution is 6.30. The lowest BCUT2D eigenvalue weighted by atomic mass is 10.1. The van der Waals surface area contributed by atoms with E-state index in [0.29, 0.717) is 22.8 Å². The molecule has 5 nitrogen and oxygen atoms in total. The van der Waals surface area contributed by atoms with Crippen LogP contribution in [0.1, 0.15) is 34.1 Å². The molecule has 0 fully saturated rings. The first-order valence-corrected chi connectivity index (χ1v) is 9.36. The summed E-state index contributed by atoms with van der Waals surface area (Å²) >= 11 is 5.89. The maximum absolute atomic E-state index is 12.9. The van der Waals surface area contributed by atoms with Gasteiger partial charge in [0.05, 0.1) is 23.7 Å². The second-order valence-corrected chi connectivity index (χ2v) is 7.01. The Morgan fingerprint density at radius 3 is 2.54 bits per heavy atom. The largest absolute Gasteiger partial charge is 0.352 e. The van der Waals surface area contributed by atoms with Gasteiger partial charge in [0.15, 0.2) is 0 Å². The predicted octanol–water partition coefficient (Wildman–Crippen LogP) is 4.14. The number of para-hydroxylation sites is 1. The summed E-state index contributed by atoms with van der Waals surface area (Å²) in [5.74, 6) is -0.281. The van der Waals surface area contributed by atoms with E-state index in [0.717, 1.165) is 11.3 Å². The summed E-state index contributed by atoms with van der Waals surface area (Å²) < 4.78 is 0. The van der Waals surface area contributed by atoms with Crippen molar-refractivity contribution in [2.75, 3.05) is 4.90 Å². The Bertz CT molecular complexity index is 1010. The standard InChI is InChI=1S/C22H18ClN3O2/c23-16-10-8-15(9-11-16)14-25-20(27)13-19-21-18(7-4-12-24-21)22(28)26(19)17-5-2-1-3-6-17/h1-12,19H,13-14H2,(H,25,27)/t19-/m0/s1. The number of benzene rings is 2. The first-order valence-electron chi connectivity index (χ1n) is 8.98. The number of aromatic nitrogens is 1. The Labute approximate surface area is 168 Å². The molecule has 0 spiro atoms. The number of anilines is 1. The van der Waals surface area contributed by atoms with E-state index in [4.69, 9.17) is 11.6 Å². The van der Waals surface area contributed by atoms with E-state index >= 15 is 0 Å². The molecule has 3 aromatic rings. The van der Waals surface area contributed by atoms with E-state index < -0.39 is 6.04 Å². The van der Waals surface area contributed by atoms with Gasteiger partial charge in [-0.3, -0.25) is 19.5 Å². The molecule has 0 bridgehead atoms. The SMILES string of the molecule is O=C(C[C@H]1c2ncccc2C(=O)N1c1ccccc1)NCc1ccc(Cl)cc1. The number of carbonyl (C=O) groups excluding carboxylic acids is 2. The molecule has 0 saturated heterocycles. The molecule has 0 saturated carbocycles. The van der Waals surface area contributed by atoms with E-state index in [-0.39, 0.29) is 18.2 Å². The van der Waals surface area contributed by atoms with Crippen LogP contribution in [0.15, 0.2) is 72.9 Å². The molecule has 4 rings (SSSR count). The number of carbonyl (C=O) groups is 2. The van der Waals surface area contributed by atoms with E-state index in [2.05, 4.69) is 10.3 Å². The Balaban J connectivity index is 1.54. The normalized spacial score (nSPS) is 15.4. The molecule has 2 heterocycles. The minimum absolute atomic E-state index is 0.134. The molecule has 1 aliphatic rings. The summed E-state index contributed by atoms with van der Waals surface area (Å²) in [6.07, 6.45) is 1.79. The molecule has 2 amide bonds. The third kappa shape index (κ3) is 3.62. The Kier molecular flexibility index (Phi) is 5.08. The number of nitrogens with zero attached hydrogens (tertiary/aromatic N) is 2. The van der Waals surface area contributed by atoms with Crippen molar-refractivity contribution >= 4 is 29.1 Å². The minimum atomic E-state index is -0.434. The number of hydrogen-bond acceptors (Lipinski definition) is 3. The van der Waals surface area contributed by atoms with Crippen LogP contribution >= 0.6 is 11.6 Å². The van der Waals surface area contributed by atoms with Crippen molar-refractivity contribution in [3.05, 3.63) is 94.8 Å². The van der Waals surface area contributed by atoms with Crippen molar-refractivity contribution in [3.63, 3.8) is 0 Å². The molecular weight excluding hydrogens is 374 g/mol. The fourth-order valence-electron chi connectivity index (χ4n) is 3.38. The molecule has 1 N–H and O–H groups in total. The summed E-state index contributed by atoms with van der Waals surface area (Å²) in [5, 5.41) is 3.57. The Morgan fingerprint density at radius 2 is 1.79 bits per heavy atom. The van der Waals surface area contributed by atoms with Gasteiger partial charge in [0.25, 0.3) is 5.91 Å². The molecular formula is C22H18ClN3O2. The molecule has 0 aliphatic carbocycles. The lowest BCUT2D eigenvalue weighted by Crippen LogP contribution is -2.32. The van der Waals surface area contributed by atoms with Crippen LogP contribution in [0.4, 0.5) is 5.69 Å². The highest BCUT2D eigenvalue weighted by Crippen LogP contribution is 2.38. The van der Waals surface area contributed by atoms with Gasteiger partial charge in [0.1, 0.15) is 0 Å².